The second-order valence-corrected chi connectivity index (χ2v) is 8.62. The molecule has 0 bridgehead atoms. The van der Waals surface area contributed by atoms with Gasteiger partial charge in [-0.25, -0.2) is 0 Å². The maximum absolute atomic E-state index is 12.8. The van der Waals surface area contributed by atoms with E-state index < -0.39 is 0 Å². The Morgan fingerprint density at radius 2 is 1.87 bits per heavy atom. The van der Waals surface area contributed by atoms with Crippen molar-refractivity contribution in [1.29, 1.82) is 0 Å². The maximum atomic E-state index is 12.8. The molecule has 0 aliphatic carbocycles. The molecule has 1 aromatic rings. The first-order chi connectivity index (χ1) is 14.6. The Bertz CT molecular complexity index is 665. The fraction of sp³-hybridized carbons (Fsp3) is 0.667. The number of nitrogens with zero attached hydrogens (tertiary/aromatic N) is 1. The summed E-state index contributed by atoms with van der Waals surface area (Å²) in [6.07, 6.45) is 6.32. The largest absolute Gasteiger partial charge is 0.385 e. The molecule has 2 fully saturated rings. The number of likely N-dealkylation sites (tertiary alicyclic amines) is 1. The fourth-order valence-electron chi connectivity index (χ4n) is 4.49. The quantitative estimate of drug-likeness (QED) is 0.672. The first kappa shape index (κ1) is 22.8. The molecule has 3 rings (SSSR count). The highest BCUT2D eigenvalue weighted by atomic mass is 16.5. The van der Waals surface area contributed by atoms with Crippen LogP contribution in [0.4, 0.5) is 0 Å². The molecule has 2 amide bonds. The molecule has 2 aliphatic rings. The maximum Gasteiger partial charge on any atom is 0.223 e. The van der Waals surface area contributed by atoms with E-state index >= 15 is 0 Å². The average Bonchev–Trinajstić information content (AvgIpc) is 2.79. The number of amides is 2. The second-order valence-electron chi connectivity index (χ2n) is 8.62. The first-order valence-electron chi connectivity index (χ1n) is 11.3. The highest BCUT2D eigenvalue weighted by molar-refractivity contribution is 5.80. The van der Waals surface area contributed by atoms with Crippen LogP contribution in [0.25, 0.3) is 0 Å². The number of hydrogen-bond donors (Lipinski definition) is 1. The van der Waals surface area contributed by atoms with E-state index in [1.807, 2.05) is 23.1 Å². The summed E-state index contributed by atoms with van der Waals surface area (Å²) >= 11 is 0. The van der Waals surface area contributed by atoms with Crippen molar-refractivity contribution in [1.82, 2.24) is 10.2 Å². The molecule has 0 unspecified atom stereocenters. The highest BCUT2D eigenvalue weighted by Gasteiger charge is 2.38. The summed E-state index contributed by atoms with van der Waals surface area (Å²) < 4.78 is 10.7. The molecule has 2 heterocycles. The minimum Gasteiger partial charge on any atom is -0.385 e. The van der Waals surface area contributed by atoms with Crippen LogP contribution in [0.3, 0.4) is 0 Å². The van der Waals surface area contributed by atoms with Crippen molar-refractivity contribution in [3.05, 3.63) is 35.9 Å². The van der Waals surface area contributed by atoms with Crippen LogP contribution in [-0.4, -0.2) is 62.3 Å². The van der Waals surface area contributed by atoms with E-state index in [-0.39, 0.29) is 23.3 Å². The zero-order chi connectivity index (χ0) is 21.2. The van der Waals surface area contributed by atoms with Crippen LogP contribution in [0, 0.1) is 5.92 Å². The van der Waals surface area contributed by atoms with Crippen molar-refractivity contribution in [2.75, 3.05) is 40.0 Å². The molecule has 2 saturated heterocycles. The van der Waals surface area contributed by atoms with Gasteiger partial charge in [0, 0.05) is 57.9 Å². The third kappa shape index (κ3) is 6.54. The lowest BCUT2D eigenvalue weighted by Gasteiger charge is -2.43. The smallest absolute Gasteiger partial charge is 0.223 e. The number of carbonyl (C=O) groups is 2. The number of hydrogen-bond acceptors (Lipinski definition) is 4. The normalized spacial score (nSPS) is 19.4. The zero-order valence-corrected chi connectivity index (χ0v) is 18.2. The van der Waals surface area contributed by atoms with Gasteiger partial charge < -0.3 is 19.7 Å². The van der Waals surface area contributed by atoms with Gasteiger partial charge in [0.15, 0.2) is 0 Å². The molecule has 1 aromatic carbocycles. The molecule has 1 N–H and O–H groups in total. The molecule has 6 nitrogen and oxygen atoms in total. The topological polar surface area (TPSA) is 67.9 Å². The Morgan fingerprint density at radius 1 is 1.17 bits per heavy atom. The number of aryl methyl sites for hydroxylation is 1. The number of nitrogens with one attached hydrogen (secondary N) is 1. The van der Waals surface area contributed by atoms with Crippen molar-refractivity contribution < 1.29 is 19.1 Å². The van der Waals surface area contributed by atoms with Crippen molar-refractivity contribution >= 4 is 11.8 Å². The number of piperidine rings is 1. The summed E-state index contributed by atoms with van der Waals surface area (Å²) in [5, 5.41) is 3.35. The van der Waals surface area contributed by atoms with Gasteiger partial charge in [0.1, 0.15) is 0 Å². The molecule has 0 aromatic heterocycles. The van der Waals surface area contributed by atoms with Gasteiger partial charge in [0.05, 0.1) is 0 Å². The summed E-state index contributed by atoms with van der Waals surface area (Å²) in [5.41, 5.74) is 1.00. The van der Waals surface area contributed by atoms with Crippen LogP contribution >= 0.6 is 0 Å². The van der Waals surface area contributed by atoms with Gasteiger partial charge in [-0.1, -0.05) is 30.3 Å². The number of carbonyl (C=O) groups excluding carboxylic acids is 2. The molecule has 0 spiro atoms. The molecule has 30 heavy (non-hydrogen) atoms. The van der Waals surface area contributed by atoms with Crippen LogP contribution < -0.4 is 5.32 Å². The summed E-state index contributed by atoms with van der Waals surface area (Å²) in [6, 6.07) is 10.3. The lowest BCUT2D eigenvalue weighted by Crippen LogP contribution is -2.58. The van der Waals surface area contributed by atoms with Gasteiger partial charge in [0.2, 0.25) is 11.8 Å². The third-order valence-corrected chi connectivity index (χ3v) is 6.54. The molecule has 0 atom stereocenters. The monoisotopic (exact) mass is 416 g/mol. The van der Waals surface area contributed by atoms with E-state index in [9.17, 15) is 9.59 Å². The lowest BCUT2D eigenvalue weighted by molar-refractivity contribution is -0.134. The van der Waals surface area contributed by atoms with E-state index in [1.54, 1.807) is 7.11 Å². The van der Waals surface area contributed by atoms with Crippen LogP contribution in [0.2, 0.25) is 0 Å². The van der Waals surface area contributed by atoms with Crippen molar-refractivity contribution in [3.8, 4) is 0 Å². The standard InChI is InChI=1S/C24H36N2O4/c1-29-19-14-24(25-23(28)21-10-17-30-18-11-21)12-15-26(16-13-24)22(27)9-5-8-20-6-3-2-4-7-20/h2-4,6-7,21H,5,8-19H2,1H3,(H,25,28). The second kappa shape index (κ2) is 11.5. The Kier molecular flexibility index (Phi) is 8.70. The highest BCUT2D eigenvalue weighted by Crippen LogP contribution is 2.28. The molecular formula is C24H36N2O4. The van der Waals surface area contributed by atoms with E-state index in [0.29, 0.717) is 39.3 Å². The molecule has 166 valence electrons. The van der Waals surface area contributed by atoms with E-state index in [0.717, 1.165) is 44.9 Å². The fourth-order valence-corrected chi connectivity index (χ4v) is 4.49. The molecular weight excluding hydrogens is 380 g/mol. The van der Waals surface area contributed by atoms with Gasteiger partial charge in [-0.2, -0.15) is 0 Å². The minimum atomic E-state index is -0.272. The molecule has 2 aliphatic heterocycles. The summed E-state index contributed by atoms with van der Waals surface area (Å²) in [4.78, 5) is 27.5. The van der Waals surface area contributed by atoms with Gasteiger partial charge in [0.25, 0.3) is 0 Å². The Balaban J connectivity index is 1.48. The molecule has 0 saturated carbocycles. The van der Waals surface area contributed by atoms with Crippen molar-refractivity contribution in [3.63, 3.8) is 0 Å². The van der Waals surface area contributed by atoms with Crippen LogP contribution in [0.5, 0.6) is 0 Å². The predicted octanol–water partition coefficient (Wildman–Crippen LogP) is 2.95. The number of ether oxygens (including phenoxy) is 2. The summed E-state index contributed by atoms with van der Waals surface area (Å²) in [5.74, 6) is 0.398. The van der Waals surface area contributed by atoms with Crippen LogP contribution in [0.15, 0.2) is 30.3 Å². The molecule has 6 heteroatoms. The first-order valence-corrected chi connectivity index (χ1v) is 11.3. The Hall–Kier alpha value is -1.92. The van der Waals surface area contributed by atoms with Crippen LogP contribution in [-0.2, 0) is 25.5 Å². The van der Waals surface area contributed by atoms with Gasteiger partial charge in [-0.05, 0) is 50.5 Å². The lowest BCUT2D eigenvalue weighted by atomic mass is 9.83. The van der Waals surface area contributed by atoms with Crippen molar-refractivity contribution in [2.45, 2.75) is 56.9 Å². The minimum absolute atomic E-state index is 0.0378. The predicted molar refractivity (Wildman–Crippen MR) is 116 cm³/mol. The Labute approximate surface area is 180 Å². The van der Waals surface area contributed by atoms with E-state index in [2.05, 4.69) is 17.4 Å². The van der Waals surface area contributed by atoms with Crippen molar-refractivity contribution in [2.24, 2.45) is 5.92 Å². The van der Waals surface area contributed by atoms with E-state index in [4.69, 9.17) is 9.47 Å². The summed E-state index contributed by atoms with van der Waals surface area (Å²) in [7, 11) is 1.69. The average molecular weight is 417 g/mol. The third-order valence-electron chi connectivity index (χ3n) is 6.54. The zero-order valence-electron chi connectivity index (χ0n) is 18.2. The Morgan fingerprint density at radius 3 is 2.53 bits per heavy atom. The molecule has 0 radical (unpaired) electrons. The number of benzene rings is 1. The SMILES string of the molecule is COCCC1(NC(=O)C2CCOCC2)CCN(C(=O)CCCc2ccccc2)CC1. The number of rotatable bonds is 9. The number of methoxy groups -OCH3 is 1. The van der Waals surface area contributed by atoms with Gasteiger partial charge in [-0.3, -0.25) is 9.59 Å². The van der Waals surface area contributed by atoms with Gasteiger partial charge >= 0.3 is 0 Å². The van der Waals surface area contributed by atoms with Gasteiger partial charge in [-0.15, -0.1) is 0 Å². The summed E-state index contributed by atoms with van der Waals surface area (Å²) in [6.45, 7) is 3.33. The van der Waals surface area contributed by atoms with E-state index in [1.165, 1.54) is 5.56 Å². The van der Waals surface area contributed by atoms with Crippen LogP contribution in [0.1, 0.15) is 50.5 Å².